The third kappa shape index (κ3) is 2.47. The molecule has 3 aromatic rings. The van der Waals surface area contributed by atoms with E-state index < -0.39 is 5.41 Å². The van der Waals surface area contributed by atoms with Gasteiger partial charge in [-0.25, -0.2) is 4.98 Å². The number of anilines is 1. The Labute approximate surface area is 159 Å². The second-order valence-corrected chi connectivity index (χ2v) is 7.66. The van der Waals surface area contributed by atoms with Crippen molar-refractivity contribution in [2.45, 2.75) is 19.3 Å². The number of imidazole rings is 1. The molecule has 126 valence electrons. The van der Waals surface area contributed by atoms with Crippen LogP contribution in [-0.4, -0.2) is 27.5 Å². The van der Waals surface area contributed by atoms with E-state index in [-0.39, 0.29) is 5.91 Å². The van der Waals surface area contributed by atoms with E-state index in [4.69, 9.17) is 0 Å². The van der Waals surface area contributed by atoms with Crippen molar-refractivity contribution >= 4 is 34.2 Å². The molecule has 1 aliphatic heterocycles. The molecule has 25 heavy (non-hydrogen) atoms. The fraction of sp³-hybridized carbons (Fsp3) is 0.211. The number of hydrogen-bond donors (Lipinski definition) is 0. The van der Waals surface area contributed by atoms with Gasteiger partial charge in [-0.1, -0.05) is 12.1 Å². The summed E-state index contributed by atoms with van der Waals surface area (Å²) >= 11 is 2.22. The van der Waals surface area contributed by atoms with Crippen molar-refractivity contribution in [2.24, 2.45) is 0 Å². The monoisotopic (exact) mass is 444 g/mol. The zero-order chi connectivity index (χ0) is 17.8. The van der Waals surface area contributed by atoms with Crippen LogP contribution in [0, 0.1) is 3.83 Å². The Hall–Kier alpha value is -2.22. The van der Waals surface area contributed by atoms with Crippen LogP contribution in [0.2, 0.25) is 0 Å². The molecule has 5 nitrogen and oxygen atoms in total. The van der Waals surface area contributed by atoms with Crippen LogP contribution in [0.1, 0.15) is 19.4 Å². The number of amides is 1. The number of fused-ring (bicyclic) bond motifs is 1. The van der Waals surface area contributed by atoms with Crippen molar-refractivity contribution < 1.29 is 4.79 Å². The maximum absolute atomic E-state index is 12.5. The first-order valence-electron chi connectivity index (χ1n) is 7.98. The summed E-state index contributed by atoms with van der Waals surface area (Å²) in [5.41, 5.74) is 4.38. The molecule has 0 fully saturated rings. The Balaban J connectivity index is 1.80. The van der Waals surface area contributed by atoms with Crippen molar-refractivity contribution in [3.63, 3.8) is 0 Å². The van der Waals surface area contributed by atoms with Crippen molar-refractivity contribution in [1.82, 2.24) is 14.5 Å². The molecule has 6 heteroatoms. The molecule has 0 radical (unpaired) electrons. The summed E-state index contributed by atoms with van der Waals surface area (Å²) < 4.78 is 2.88. The summed E-state index contributed by atoms with van der Waals surface area (Å²) in [6, 6.07) is 10.0. The number of hydrogen-bond acceptors (Lipinski definition) is 3. The smallest absolute Gasteiger partial charge is 0.236 e. The van der Waals surface area contributed by atoms with Crippen molar-refractivity contribution in [2.75, 3.05) is 11.9 Å². The standard InChI is InChI=1S/C19H17IN4O/c1-19(2)14-7-6-12(9-16(14)23(3)17(19)25)15-11-24(18(20)22-15)13-5-4-8-21-10-13/h4-11H,1-3H3. The van der Waals surface area contributed by atoms with E-state index in [1.54, 1.807) is 11.1 Å². The zero-order valence-corrected chi connectivity index (χ0v) is 16.4. The average molecular weight is 444 g/mol. The molecule has 3 heterocycles. The molecule has 0 unspecified atom stereocenters. The molecule has 1 aliphatic rings. The lowest BCUT2D eigenvalue weighted by Gasteiger charge is -2.16. The van der Waals surface area contributed by atoms with Gasteiger partial charge >= 0.3 is 0 Å². The SMILES string of the molecule is CN1C(=O)C(C)(C)c2ccc(-c3cn(-c4cccnc4)c(I)n3)cc21. The van der Waals surface area contributed by atoms with Gasteiger partial charge in [-0.15, -0.1) is 0 Å². The van der Waals surface area contributed by atoms with Crippen molar-refractivity contribution in [3.05, 3.63) is 58.3 Å². The number of rotatable bonds is 2. The summed E-state index contributed by atoms with van der Waals surface area (Å²) in [6.45, 7) is 3.94. The summed E-state index contributed by atoms with van der Waals surface area (Å²) in [7, 11) is 1.83. The van der Waals surface area contributed by atoms with Gasteiger partial charge in [-0.3, -0.25) is 14.3 Å². The Kier molecular flexibility index (Phi) is 3.68. The number of pyridine rings is 1. The second kappa shape index (κ2) is 5.66. The topological polar surface area (TPSA) is 51.0 Å². The predicted octanol–water partition coefficient (Wildman–Crippen LogP) is 3.79. The van der Waals surface area contributed by atoms with E-state index in [0.717, 1.165) is 32.0 Å². The van der Waals surface area contributed by atoms with Crippen molar-refractivity contribution in [3.8, 4) is 16.9 Å². The second-order valence-electron chi connectivity index (χ2n) is 6.70. The van der Waals surface area contributed by atoms with Crippen LogP contribution in [-0.2, 0) is 10.2 Å². The summed E-state index contributed by atoms with van der Waals surface area (Å²) in [5, 5.41) is 0. The van der Waals surface area contributed by atoms with Crippen LogP contribution >= 0.6 is 22.6 Å². The first-order chi connectivity index (χ1) is 11.9. The van der Waals surface area contributed by atoms with Gasteiger partial charge in [0.15, 0.2) is 3.83 Å². The number of nitrogens with zero attached hydrogens (tertiary/aromatic N) is 4. The van der Waals surface area contributed by atoms with Gasteiger partial charge in [-0.05, 0) is 37.6 Å². The Morgan fingerprint density at radius 1 is 1.20 bits per heavy atom. The zero-order valence-electron chi connectivity index (χ0n) is 14.2. The van der Waals surface area contributed by atoms with Gasteiger partial charge in [0, 0.05) is 53.3 Å². The molecule has 4 rings (SSSR count). The number of likely N-dealkylation sites (N-methyl/N-ethyl adjacent to an activating group) is 1. The number of benzene rings is 1. The summed E-state index contributed by atoms with van der Waals surface area (Å²) in [5.74, 6) is 0.120. The number of aromatic nitrogens is 3. The molecule has 2 aromatic heterocycles. The largest absolute Gasteiger partial charge is 0.314 e. The molecule has 1 aromatic carbocycles. The number of halogens is 1. The Bertz CT molecular complexity index is 978. The van der Waals surface area contributed by atoms with E-state index in [1.165, 1.54) is 0 Å². The Morgan fingerprint density at radius 3 is 2.72 bits per heavy atom. The molecule has 0 atom stereocenters. The fourth-order valence-electron chi connectivity index (χ4n) is 3.31. The predicted molar refractivity (Wildman–Crippen MR) is 106 cm³/mol. The highest BCUT2D eigenvalue weighted by molar-refractivity contribution is 14.1. The lowest BCUT2D eigenvalue weighted by atomic mass is 9.86. The minimum absolute atomic E-state index is 0.120. The van der Waals surface area contributed by atoms with Crippen LogP contribution < -0.4 is 4.90 Å². The fourth-order valence-corrected chi connectivity index (χ4v) is 3.99. The third-order valence-corrected chi connectivity index (χ3v) is 5.52. The van der Waals surface area contributed by atoms with Crippen LogP contribution in [0.5, 0.6) is 0 Å². The number of carbonyl (C=O) groups is 1. The van der Waals surface area contributed by atoms with Crippen LogP contribution in [0.4, 0.5) is 5.69 Å². The van der Waals surface area contributed by atoms with E-state index >= 15 is 0 Å². The molecule has 0 aliphatic carbocycles. The van der Waals surface area contributed by atoms with Crippen molar-refractivity contribution in [1.29, 1.82) is 0 Å². The van der Waals surface area contributed by atoms with Crippen LogP contribution in [0.25, 0.3) is 16.9 Å². The molecular weight excluding hydrogens is 427 g/mol. The minimum atomic E-state index is -0.480. The van der Waals surface area contributed by atoms with Gasteiger partial charge < -0.3 is 4.90 Å². The Morgan fingerprint density at radius 2 is 2.00 bits per heavy atom. The maximum Gasteiger partial charge on any atom is 0.236 e. The lowest BCUT2D eigenvalue weighted by molar-refractivity contribution is -0.121. The number of carbonyl (C=O) groups excluding carboxylic acids is 1. The molecule has 1 amide bonds. The average Bonchev–Trinajstić information content (AvgIpc) is 3.08. The van der Waals surface area contributed by atoms with E-state index in [2.05, 4.69) is 32.6 Å². The first-order valence-corrected chi connectivity index (χ1v) is 9.06. The van der Waals surface area contributed by atoms with E-state index in [9.17, 15) is 4.79 Å². The highest BCUT2D eigenvalue weighted by Crippen LogP contribution is 2.42. The lowest BCUT2D eigenvalue weighted by Crippen LogP contribution is -2.33. The molecule has 0 saturated carbocycles. The molecular formula is C19H17IN4O. The van der Waals surface area contributed by atoms with E-state index in [1.807, 2.05) is 68.2 Å². The normalized spacial score (nSPS) is 15.5. The molecule has 0 saturated heterocycles. The first kappa shape index (κ1) is 16.3. The van der Waals surface area contributed by atoms with Gasteiger partial charge in [0.05, 0.1) is 23.0 Å². The molecule has 0 bridgehead atoms. The quantitative estimate of drug-likeness (QED) is 0.566. The van der Waals surface area contributed by atoms with Gasteiger partial charge in [0.1, 0.15) is 0 Å². The maximum atomic E-state index is 12.5. The van der Waals surface area contributed by atoms with Crippen LogP contribution in [0.15, 0.2) is 48.9 Å². The van der Waals surface area contributed by atoms with E-state index in [0.29, 0.717) is 0 Å². The van der Waals surface area contributed by atoms with Gasteiger partial charge in [-0.2, -0.15) is 0 Å². The molecule has 0 spiro atoms. The summed E-state index contributed by atoms with van der Waals surface area (Å²) in [4.78, 5) is 23.1. The minimum Gasteiger partial charge on any atom is -0.314 e. The summed E-state index contributed by atoms with van der Waals surface area (Å²) in [6.07, 6.45) is 5.57. The highest BCUT2D eigenvalue weighted by Gasteiger charge is 2.42. The highest BCUT2D eigenvalue weighted by atomic mass is 127. The third-order valence-electron chi connectivity index (χ3n) is 4.75. The van der Waals surface area contributed by atoms with Gasteiger partial charge in [0.2, 0.25) is 5.91 Å². The van der Waals surface area contributed by atoms with Crippen LogP contribution in [0.3, 0.4) is 0 Å². The molecule has 0 N–H and O–H groups in total. The van der Waals surface area contributed by atoms with Gasteiger partial charge in [0.25, 0.3) is 0 Å².